The second-order valence-electron chi connectivity index (χ2n) is 6.10. The van der Waals surface area contributed by atoms with E-state index in [2.05, 4.69) is 10.6 Å². The van der Waals surface area contributed by atoms with Gasteiger partial charge in [-0.2, -0.15) is 0 Å². The van der Waals surface area contributed by atoms with Crippen LogP contribution < -0.4 is 14.9 Å². The first-order valence-corrected chi connectivity index (χ1v) is 10.3. The molecule has 27 heavy (non-hydrogen) atoms. The van der Waals surface area contributed by atoms with Crippen LogP contribution in [-0.2, 0) is 26.0 Å². The number of aryl methyl sites for hydroxylation is 1. The molecule has 8 heteroatoms. The first kappa shape index (κ1) is 20.4. The van der Waals surface area contributed by atoms with Crippen LogP contribution in [0.25, 0.3) is 0 Å². The summed E-state index contributed by atoms with van der Waals surface area (Å²) in [7, 11) is -3.63. The number of amides is 2. The van der Waals surface area contributed by atoms with Crippen LogP contribution in [0.1, 0.15) is 19.4 Å². The van der Waals surface area contributed by atoms with Crippen molar-refractivity contribution in [1.29, 1.82) is 0 Å². The lowest BCUT2D eigenvalue weighted by Gasteiger charge is -2.22. The van der Waals surface area contributed by atoms with Gasteiger partial charge >= 0.3 is 0 Å². The Bertz CT molecular complexity index is 924. The highest BCUT2D eigenvalue weighted by Crippen LogP contribution is 2.19. The van der Waals surface area contributed by atoms with Crippen molar-refractivity contribution in [2.24, 2.45) is 0 Å². The molecule has 2 N–H and O–H groups in total. The summed E-state index contributed by atoms with van der Waals surface area (Å²) < 4.78 is 25.4. The third-order valence-electron chi connectivity index (χ3n) is 3.79. The maximum atomic E-state index is 12.4. The van der Waals surface area contributed by atoms with E-state index in [9.17, 15) is 18.0 Å². The van der Waals surface area contributed by atoms with Crippen LogP contribution in [0.4, 0.5) is 17.1 Å². The molecule has 0 bridgehead atoms. The van der Waals surface area contributed by atoms with Crippen LogP contribution in [0, 0.1) is 0 Å². The van der Waals surface area contributed by atoms with E-state index in [0.29, 0.717) is 17.1 Å². The summed E-state index contributed by atoms with van der Waals surface area (Å²) in [5, 5.41) is 5.28. The number of nitrogens with one attached hydrogen (secondary N) is 2. The topological polar surface area (TPSA) is 95.6 Å². The van der Waals surface area contributed by atoms with Gasteiger partial charge in [0, 0.05) is 18.3 Å². The Kier molecular flexibility index (Phi) is 6.57. The average molecular weight is 389 g/mol. The van der Waals surface area contributed by atoms with Crippen LogP contribution in [0.5, 0.6) is 0 Å². The minimum Gasteiger partial charge on any atom is -0.326 e. The Labute approximate surface area is 159 Å². The van der Waals surface area contributed by atoms with E-state index in [-0.39, 0.29) is 12.5 Å². The normalized spacial score (nSPS) is 10.9. The summed E-state index contributed by atoms with van der Waals surface area (Å²) in [5.41, 5.74) is 2.50. The fourth-order valence-corrected chi connectivity index (χ4v) is 3.36. The molecule has 2 amide bonds. The molecule has 0 heterocycles. The van der Waals surface area contributed by atoms with Crippen LogP contribution >= 0.6 is 0 Å². The molecular formula is C19H23N3O4S. The molecule has 144 valence electrons. The van der Waals surface area contributed by atoms with Gasteiger partial charge in [0.25, 0.3) is 0 Å². The summed E-state index contributed by atoms with van der Waals surface area (Å²) in [6, 6.07) is 13.7. The van der Waals surface area contributed by atoms with Crippen LogP contribution in [0.3, 0.4) is 0 Å². The first-order valence-electron chi connectivity index (χ1n) is 8.43. The highest BCUT2D eigenvalue weighted by molar-refractivity contribution is 7.92. The Morgan fingerprint density at radius 3 is 2.11 bits per heavy atom. The van der Waals surface area contributed by atoms with Crippen LogP contribution in [0.15, 0.2) is 48.5 Å². The highest BCUT2D eigenvalue weighted by atomic mass is 32.2. The summed E-state index contributed by atoms with van der Waals surface area (Å²) in [6.45, 7) is 3.04. The number of benzene rings is 2. The van der Waals surface area contributed by atoms with Crippen LogP contribution in [-0.4, -0.2) is 33.0 Å². The average Bonchev–Trinajstić information content (AvgIpc) is 2.58. The van der Waals surface area contributed by atoms with Crippen molar-refractivity contribution in [3.8, 4) is 0 Å². The second kappa shape index (κ2) is 8.68. The van der Waals surface area contributed by atoms with E-state index in [4.69, 9.17) is 0 Å². The predicted molar refractivity (Wildman–Crippen MR) is 107 cm³/mol. The molecule has 0 unspecified atom stereocenters. The second-order valence-corrected chi connectivity index (χ2v) is 8.01. The summed E-state index contributed by atoms with van der Waals surface area (Å²) in [6.07, 6.45) is 1.90. The van der Waals surface area contributed by atoms with Gasteiger partial charge in [0.05, 0.1) is 11.9 Å². The summed E-state index contributed by atoms with van der Waals surface area (Å²) >= 11 is 0. The lowest BCUT2D eigenvalue weighted by Crippen LogP contribution is -2.37. The maximum Gasteiger partial charge on any atom is 0.245 e. The molecule has 0 atom stereocenters. The van der Waals surface area contributed by atoms with Crippen molar-refractivity contribution >= 4 is 38.9 Å². The number of rotatable bonds is 7. The molecule has 0 radical (unpaired) electrons. The van der Waals surface area contributed by atoms with E-state index in [1.807, 2.05) is 19.1 Å². The lowest BCUT2D eigenvalue weighted by atomic mass is 10.1. The number of nitrogens with zero attached hydrogens (tertiary/aromatic N) is 1. The molecular weight excluding hydrogens is 366 g/mol. The van der Waals surface area contributed by atoms with E-state index in [1.54, 1.807) is 36.4 Å². The van der Waals surface area contributed by atoms with Gasteiger partial charge in [0.15, 0.2) is 0 Å². The third kappa shape index (κ3) is 6.10. The highest BCUT2D eigenvalue weighted by Gasteiger charge is 2.21. The number of carbonyl (C=O) groups excluding carboxylic acids is 2. The van der Waals surface area contributed by atoms with Gasteiger partial charge in [0.1, 0.15) is 6.54 Å². The Hall–Kier alpha value is -2.87. The number of hydrogen-bond donors (Lipinski definition) is 2. The molecule has 0 aliphatic carbocycles. The minimum atomic E-state index is -3.63. The standard InChI is InChI=1S/C19H23N3O4S/c1-4-15-8-10-18(11-9-15)22(27(3,25)26)13-19(24)21-17-7-5-6-16(12-17)20-14(2)23/h5-12H,4,13H2,1-3H3,(H,20,23)(H,21,24). The van der Waals surface area contributed by atoms with E-state index in [1.165, 1.54) is 6.92 Å². The van der Waals surface area contributed by atoms with Gasteiger partial charge in [-0.15, -0.1) is 0 Å². The van der Waals surface area contributed by atoms with E-state index in [0.717, 1.165) is 22.5 Å². The zero-order valence-corrected chi connectivity index (χ0v) is 16.3. The zero-order chi connectivity index (χ0) is 20.0. The van der Waals surface area contributed by atoms with Crippen LogP contribution in [0.2, 0.25) is 0 Å². The number of hydrogen-bond acceptors (Lipinski definition) is 4. The Morgan fingerprint density at radius 1 is 1.00 bits per heavy atom. The lowest BCUT2D eigenvalue weighted by molar-refractivity contribution is -0.115. The minimum absolute atomic E-state index is 0.225. The monoisotopic (exact) mass is 389 g/mol. The SMILES string of the molecule is CCc1ccc(N(CC(=O)Nc2cccc(NC(C)=O)c2)S(C)(=O)=O)cc1. The fourth-order valence-electron chi connectivity index (χ4n) is 2.51. The molecule has 2 aromatic carbocycles. The van der Waals surface area contributed by atoms with Gasteiger partial charge in [0.2, 0.25) is 21.8 Å². The third-order valence-corrected chi connectivity index (χ3v) is 4.93. The van der Waals surface area contributed by atoms with Crippen molar-refractivity contribution < 1.29 is 18.0 Å². The summed E-state index contributed by atoms with van der Waals surface area (Å²) in [5.74, 6) is -0.711. The van der Waals surface area contributed by atoms with E-state index >= 15 is 0 Å². The fraction of sp³-hybridized carbons (Fsp3) is 0.263. The molecule has 0 aliphatic heterocycles. The Morgan fingerprint density at radius 2 is 1.59 bits per heavy atom. The van der Waals surface area contributed by atoms with Gasteiger partial charge in [-0.25, -0.2) is 8.42 Å². The first-order chi connectivity index (χ1) is 12.7. The molecule has 0 aromatic heterocycles. The molecule has 0 saturated carbocycles. The largest absolute Gasteiger partial charge is 0.326 e. The van der Waals surface area contributed by atoms with E-state index < -0.39 is 15.9 Å². The van der Waals surface area contributed by atoms with Gasteiger partial charge in [-0.3, -0.25) is 13.9 Å². The molecule has 0 fully saturated rings. The maximum absolute atomic E-state index is 12.4. The predicted octanol–water partition coefficient (Wildman–Crippen LogP) is 2.61. The number of carbonyl (C=O) groups is 2. The van der Waals surface area contributed by atoms with Crippen molar-refractivity contribution in [1.82, 2.24) is 0 Å². The van der Waals surface area contributed by atoms with Crippen molar-refractivity contribution in [3.05, 3.63) is 54.1 Å². The van der Waals surface area contributed by atoms with Crippen molar-refractivity contribution in [2.45, 2.75) is 20.3 Å². The molecule has 7 nitrogen and oxygen atoms in total. The van der Waals surface area contributed by atoms with Gasteiger partial charge in [-0.05, 0) is 42.3 Å². The number of anilines is 3. The van der Waals surface area contributed by atoms with Gasteiger partial charge in [-0.1, -0.05) is 25.1 Å². The molecule has 0 spiro atoms. The molecule has 2 rings (SSSR count). The zero-order valence-electron chi connectivity index (χ0n) is 15.5. The van der Waals surface area contributed by atoms with Crippen molar-refractivity contribution in [3.63, 3.8) is 0 Å². The molecule has 2 aromatic rings. The Balaban J connectivity index is 2.15. The smallest absolute Gasteiger partial charge is 0.245 e. The summed E-state index contributed by atoms with van der Waals surface area (Å²) in [4.78, 5) is 23.5. The quantitative estimate of drug-likeness (QED) is 0.761. The van der Waals surface area contributed by atoms with Crippen molar-refractivity contribution in [2.75, 3.05) is 27.7 Å². The van der Waals surface area contributed by atoms with Gasteiger partial charge < -0.3 is 10.6 Å². The number of sulfonamides is 1. The molecule has 0 saturated heterocycles. The molecule has 0 aliphatic rings.